The fourth-order valence-electron chi connectivity index (χ4n) is 3.57. The third kappa shape index (κ3) is 5.40. The summed E-state index contributed by atoms with van der Waals surface area (Å²) in [4.78, 5) is 38.7. The molecule has 0 fully saturated rings. The maximum atomic E-state index is 12.6. The predicted molar refractivity (Wildman–Crippen MR) is 120 cm³/mol. The predicted octanol–water partition coefficient (Wildman–Crippen LogP) is 4.64. The van der Waals surface area contributed by atoms with Crippen molar-refractivity contribution in [1.29, 1.82) is 0 Å². The summed E-state index contributed by atoms with van der Waals surface area (Å²) in [6, 6.07) is 14.7. The van der Waals surface area contributed by atoms with Crippen LogP contribution in [-0.4, -0.2) is 28.8 Å². The minimum absolute atomic E-state index is 0.0400. The van der Waals surface area contributed by atoms with Crippen molar-refractivity contribution in [2.24, 2.45) is 0 Å². The topological polar surface area (TPSA) is 75.7 Å². The van der Waals surface area contributed by atoms with Crippen LogP contribution in [0.15, 0.2) is 54.7 Å². The first kappa shape index (κ1) is 22.3. The monoisotopic (exact) mass is 420 g/mol. The summed E-state index contributed by atoms with van der Waals surface area (Å²) >= 11 is 0. The Morgan fingerprint density at radius 1 is 1.03 bits per heavy atom. The number of nitrogens with one attached hydrogen (secondary N) is 1. The highest BCUT2D eigenvalue weighted by Gasteiger charge is 2.30. The maximum Gasteiger partial charge on any atom is 0.309 e. The number of nitrogens with zero attached hydrogens (tertiary/aromatic N) is 1. The zero-order valence-electron chi connectivity index (χ0n) is 18.3. The molecule has 31 heavy (non-hydrogen) atoms. The molecule has 162 valence electrons. The summed E-state index contributed by atoms with van der Waals surface area (Å²) in [5.74, 6) is -0.713. The normalized spacial score (nSPS) is 15.9. The minimum atomic E-state index is -0.961. The number of carbonyl (C=O) groups excluding carboxylic acids is 3. The van der Waals surface area contributed by atoms with Gasteiger partial charge in [-0.15, -0.1) is 0 Å². The van der Waals surface area contributed by atoms with E-state index in [1.807, 2.05) is 54.6 Å². The largest absolute Gasteiger partial charge is 0.452 e. The van der Waals surface area contributed by atoms with Gasteiger partial charge in [0.2, 0.25) is 5.91 Å². The summed E-state index contributed by atoms with van der Waals surface area (Å²) in [6.45, 7) is 7.19. The molecule has 0 saturated heterocycles. The van der Waals surface area contributed by atoms with Gasteiger partial charge in [0, 0.05) is 18.8 Å². The molecule has 0 spiro atoms. The van der Waals surface area contributed by atoms with Crippen LogP contribution in [0.1, 0.15) is 62.8 Å². The highest BCUT2D eigenvalue weighted by Crippen LogP contribution is 2.33. The van der Waals surface area contributed by atoms with E-state index in [1.54, 1.807) is 6.20 Å². The third-order valence-corrected chi connectivity index (χ3v) is 5.35. The van der Waals surface area contributed by atoms with Gasteiger partial charge in [0.1, 0.15) is 0 Å². The highest BCUT2D eigenvalue weighted by molar-refractivity contribution is 5.95. The van der Waals surface area contributed by atoms with E-state index in [-0.39, 0.29) is 12.3 Å². The van der Waals surface area contributed by atoms with Gasteiger partial charge in [-0.2, -0.15) is 0 Å². The molecule has 2 aromatic carbocycles. The summed E-state index contributed by atoms with van der Waals surface area (Å²) in [7, 11) is 0. The molecule has 0 aliphatic carbocycles. The van der Waals surface area contributed by atoms with Gasteiger partial charge >= 0.3 is 5.97 Å². The lowest BCUT2D eigenvalue weighted by Gasteiger charge is -2.32. The van der Waals surface area contributed by atoms with E-state index in [4.69, 9.17) is 4.74 Å². The van der Waals surface area contributed by atoms with Gasteiger partial charge < -0.3 is 15.0 Å². The van der Waals surface area contributed by atoms with Crippen LogP contribution < -0.4 is 5.32 Å². The first-order chi connectivity index (χ1) is 14.8. The molecule has 1 aliphatic heterocycles. The second-order valence-electron chi connectivity index (χ2n) is 7.99. The number of amides is 2. The van der Waals surface area contributed by atoms with Crippen molar-refractivity contribution in [1.82, 2.24) is 4.90 Å². The van der Waals surface area contributed by atoms with E-state index < -0.39 is 24.0 Å². The second kappa shape index (κ2) is 9.60. The van der Waals surface area contributed by atoms with Gasteiger partial charge in [0.05, 0.1) is 12.5 Å². The van der Waals surface area contributed by atoms with Crippen molar-refractivity contribution in [3.8, 4) is 0 Å². The van der Waals surface area contributed by atoms with E-state index in [0.717, 1.165) is 11.1 Å². The fraction of sp³-hybridized carbons (Fsp3) is 0.320. The molecule has 2 atom stereocenters. The molecule has 6 heteroatoms. The van der Waals surface area contributed by atoms with Crippen molar-refractivity contribution in [3.63, 3.8) is 0 Å². The molecule has 6 nitrogen and oxygen atoms in total. The van der Waals surface area contributed by atoms with Crippen LogP contribution in [0.25, 0.3) is 6.08 Å². The number of rotatable bonds is 6. The van der Waals surface area contributed by atoms with E-state index in [1.165, 1.54) is 24.3 Å². The molecule has 3 rings (SSSR count). The molecule has 1 aliphatic rings. The lowest BCUT2D eigenvalue weighted by molar-refractivity contribution is -0.154. The molecule has 0 saturated carbocycles. The Kier molecular flexibility index (Phi) is 6.90. The third-order valence-electron chi connectivity index (χ3n) is 5.35. The summed E-state index contributed by atoms with van der Waals surface area (Å²) in [5, 5.41) is 2.77. The van der Waals surface area contributed by atoms with Gasteiger partial charge in [-0.05, 0) is 47.7 Å². The average molecular weight is 421 g/mol. The molecule has 2 aromatic rings. The Morgan fingerprint density at radius 3 is 2.35 bits per heavy atom. The minimum Gasteiger partial charge on any atom is -0.452 e. The van der Waals surface area contributed by atoms with Crippen LogP contribution >= 0.6 is 0 Å². The number of benzene rings is 2. The lowest BCUT2D eigenvalue weighted by atomic mass is 9.94. The zero-order chi connectivity index (χ0) is 22.5. The number of hydrogen-bond acceptors (Lipinski definition) is 4. The number of fused-ring (bicyclic) bond motifs is 1. The van der Waals surface area contributed by atoms with Gasteiger partial charge in [0.15, 0.2) is 6.10 Å². The van der Waals surface area contributed by atoms with E-state index in [2.05, 4.69) is 19.2 Å². The quantitative estimate of drug-likeness (QED) is 0.691. The Morgan fingerprint density at radius 2 is 1.71 bits per heavy atom. The molecule has 0 radical (unpaired) electrons. The molecular formula is C25H28N2O4. The highest BCUT2D eigenvalue weighted by atomic mass is 16.5. The Balaban J connectivity index is 1.63. The van der Waals surface area contributed by atoms with Crippen LogP contribution in [0.5, 0.6) is 0 Å². The molecule has 0 unspecified atom stereocenters. The molecular weight excluding hydrogens is 392 g/mol. The molecule has 0 aromatic heterocycles. The molecule has 1 N–H and O–H groups in total. The van der Waals surface area contributed by atoms with Crippen molar-refractivity contribution in [3.05, 3.63) is 71.4 Å². The van der Waals surface area contributed by atoms with Gasteiger partial charge in [-0.25, -0.2) is 0 Å². The van der Waals surface area contributed by atoms with Crippen LogP contribution in [0.2, 0.25) is 0 Å². The van der Waals surface area contributed by atoms with E-state index in [0.29, 0.717) is 11.6 Å². The van der Waals surface area contributed by atoms with Crippen LogP contribution in [0, 0.1) is 0 Å². The maximum absolute atomic E-state index is 12.6. The average Bonchev–Trinajstić information content (AvgIpc) is 2.74. The van der Waals surface area contributed by atoms with Crippen LogP contribution in [0.4, 0.5) is 5.69 Å². The van der Waals surface area contributed by atoms with Gasteiger partial charge in [-0.3, -0.25) is 14.4 Å². The standard InChI is InChI=1S/C25H28N2O4/c1-16(2)19-9-11-21(12-10-19)26-25(30)17(3)31-24(29)15-23-22-8-6-5-7-20(22)13-14-27(23)18(4)28/h5-14,16-17,23H,15H2,1-4H3,(H,26,30)/t17-,23-/m1/s1. The molecule has 0 bridgehead atoms. The molecule has 2 amide bonds. The lowest BCUT2D eigenvalue weighted by Crippen LogP contribution is -2.35. The van der Waals surface area contributed by atoms with Crippen LogP contribution in [-0.2, 0) is 19.1 Å². The SMILES string of the molecule is CC(=O)N1C=Cc2ccccc2[C@H]1CC(=O)O[C@H](C)C(=O)Nc1ccc(C(C)C)cc1. The number of ether oxygens (including phenoxy) is 1. The van der Waals surface area contributed by atoms with Crippen molar-refractivity contribution >= 4 is 29.5 Å². The Labute approximate surface area is 182 Å². The number of carbonyl (C=O) groups is 3. The Hall–Kier alpha value is -3.41. The summed E-state index contributed by atoms with van der Waals surface area (Å²) in [6.07, 6.45) is 2.53. The number of esters is 1. The van der Waals surface area contributed by atoms with Crippen LogP contribution in [0.3, 0.4) is 0 Å². The van der Waals surface area contributed by atoms with Crippen molar-refractivity contribution in [2.45, 2.75) is 52.2 Å². The first-order valence-electron chi connectivity index (χ1n) is 10.4. The second-order valence-corrected chi connectivity index (χ2v) is 7.99. The van der Waals surface area contributed by atoms with Gasteiger partial charge in [0.25, 0.3) is 5.91 Å². The smallest absolute Gasteiger partial charge is 0.309 e. The molecule has 1 heterocycles. The van der Waals surface area contributed by atoms with E-state index >= 15 is 0 Å². The van der Waals surface area contributed by atoms with Gasteiger partial charge in [-0.1, -0.05) is 50.2 Å². The van der Waals surface area contributed by atoms with Crippen molar-refractivity contribution < 1.29 is 19.1 Å². The zero-order valence-corrected chi connectivity index (χ0v) is 18.3. The first-order valence-corrected chi connectivity index (χ1v) is 10.4. The number of anilines is 1. The van der Waals surface area contributed by atoms with Crippen molar-refractivity contribution in [2.75, 3.05) is 5.32 Å². The Bertz CT molecular complexity index is 995. The fourth-order valence-corrected chi connectivity index (χ4v) is 3.57. The summed E-state index contributed by atoms with van der Waals surface area (Å²) < 4.78 is 5.38. The number of hydrogen-bond donors (Lipinski definition) is 1. The summed E-state index contributed by atoms with van der Waals surface area (Å²) in [5.41, 5.74) is 3.65. The van der Waals surface area contributed by atoms with E-state index in [9.17, 15) is 14.4 Å².